The molecule has 0 unspecified atom stereocenters. The molecule has 0 saturated carbocycles. The zero-order valence-electron chi connectivity index (χ0n) is 20.3. The number of carbonyl (C=O) groups is 1. The van der Waals surface area contributed by atoms with E-state index in [1.165, 1.54) is 10.7 Å². The smallest absolute Gasteiger partial charge is 0.416 e. The number of rotatable bonds is 7. The number of alkyl halides is 3. The number of ether oxygens (including phenoxy) is 1. The number of halogens is 3. The second-order valence-corrected chi connectivity index (χ2v) is 8.64. The van der Waals surface area contributed by atoms with Crippen molar-refractivity contribution < 1.29 is 22.7 Å². The van der Waals surface area contributed by atoms with E-state index < -0.39 is 17.6 Å². The molecule has 0 aliphatic carbocycles. The number of amides is 1. The van der Waals surface area contributed by atoms with Crippen molar-refractivity contribution in [3.05, 3.63) is 94.1 Å². The van der Waals surface area contributed by atoms with E-state index in [9.17, 15) is 18.0 Å². The van der Waals surface area contributed by atoms with Gasteiger partial charge < -0.3 is 10.1 Å². The van der Waals surface area contributed by atoms with Gasteiger partial charge in [-0.2, -0.15) is 23.4 Å². The Kier molecular flexibility index (Phi) is 6.87. The van der Waals surface area contributed by atoms with Gasteiger partial charge >= 0.3 is 6.18 Å². The van der Waals surface area contributed by atoms with Gasteiger partial charge in [-0.3, -0.25) is 9.48 Å². The van der Waals surface area contributed by atoms with Crippen molar-refractivity contribution in [1.29, 1.82) is 0 Å². The van der Waals surface area contributed by atoms with Crippen molar-refractivity contribution in [2.75, 3.05) is 5.32 Å². The molecule has 0 spiro atoms. The Morgan fingerprint density at radius 2 is 1.81 bits per heavy atom. The highest BCUT2D eigenvalue weighted by Crippen LogP contribution is 2.30. The van der Waals surface area contributed by atoms with E-state index in [1.54, 1.807) is 36.9 Å². The predicted molar refractivity (Wildman–Crippen MR) is 129 cm³/mol. The van der Waals surface area contributed by atoms with Gasteiger partial charge in [0.2, 0.25) is 0 Å². The minimum absolute atomic E-state index is 0.136. The molecule has 2 heterocycles. The van der Waals surface area contributed by atoms with Crippen LogP contribution in [0.2, 0.25) is 0 Å². The normalized spacial score (nSPS) is 11.5. The minimum Gasteiger partial charge on any atom is -0.471 e. The van der Waals surface area contributed by atoms with E-state index in [0.717, 1.165) is 29.0 Å². The van der Waals surface area contributed by atoms with Gasteiger partial charge in [0.1, 0.15) is 5.75 Å². The van der Waals surface area contributed by atoms with Crippen LogP contribution in [0, 0.1) is 27.7 Å². The van der Waals surface area contributed by atoms with Crippen LogP contribution in [0.3, 0.4) is 0 Å². The number of carbonyl (C=O) groups excluding carboxylic acids is 1. The summed E-state index contributed by atoms with van der Waals surface area (Å²) >= 11 is 0. The second-order valence-electron chi connectivity index (χ2n) is 8.64. The molecule has 0 aliphatic rings. The fourth-order valence-electron chi connectivity index (χ4n) is 3.88. The highest BCUT2D eigenvalue weighted by molar-refractivity contribution is 6.03. The number of anilines is 1. The lowest BCUT2D eigenvalue weighted by Gasteiger charge is -2.10. The Hall–Kier alpha value is -4.08. The van der Waals surface area contributed by atoms with Crippen molar-refractivity contribution in [3.8, 4) is 5.75 Å². The van der Waals surface area contributed by atoms with Crippen molar-refractivity contribution >= 4 is 11.6 Å². The number of aryl methyl sites for hydroxylation is 3. The molecule has 0 bridgehead atoms. The largest absolute Gasteiger partial charge is 0.471 e. The standard InChI is InChI=1S/C26H26F3N5O2/c1-16-8-9-23(17(2)12-16)36-15-33-11-10-22(32-33)25(35)30-24-18(3)31-34(19(24)4)14-20-6-5-7-21(13-20)26(27,28)29/h5-13H,14-15H2,1-4H3,(H,30,35). The molecule has 1 N–H and O–H groups in total. The van der Waals surface area contributed by atoms with Gasteiger partial charge in [-0.05, 0) is 63.1 Å². The van der Waals surface area contributed by atoms with E-state index in [2.05, 4.69) is 15.5 Å². The number of benzene rings is 2. The summed E-state index contributed by atoms with van der Waals surface area (Å²) in [6.45, 7) is 7.72. The Morgan fingerprint density at radius 1 is 1.03 bits per heavy atom. The summed E-state index contributed by atoms with van der Waals surface area (Å²) in [5, 5.41) is 11.5. The van der Waals surface area contributed by atoms with E-state index in [0.29, 0.717) is 22.6 Å². The molecular weight excluding hydrogens is 471 g/mol. The third-order valence-corrected chi connectivity index (χ3v) is 5.76. The van der Waals surface area contributed by atoms with Gasteiger partial charge in [-0.25, -0.2) is 4.68 Å². The first kappa shape index (κ1) is 25.0. The molecule has 10 heteroatoms. The predicted octanol–water partition coefficient (Wildman–Crippen LogP) is 5.67. The lowest BCUT2D eigenvalue weighted by Crippen LogP contribution is -2.15. The minimum atomic E-state index is -4.42. The number of hydrogen-bond acceptors (Lipinski definition) is 4. The van der Waals surface area contributed by atoms with Gasteiger partial charge in [0.05, 0.1) is 29.2 Å². The van der Waals surface area contributed by atoms with Crippen molar-refractivity contribution in [2.45, 2.75) is 47.1 Å². The molecule has 0 fully saturated rings. The van der Waals surface area contributed by atoms with Crippen molar-refractivity contribution in [1.82, 2.24) is 19.6 Å². The maximum Gasteiger partial charge on any atom is 0.416 e. The summed E-state index contributed by atoms with van der Waals surface area (Å²) in [4.78, 5) is 12.8. The van der Waals surface area contributed by atoms with Crippen molar-refractivity contribution in [3.63, 3.8) is 0 Å². The average molecular weight is 498 g/mol. The molecular formula is C26H26F3N5O2. The van der Waals surface area contributed by atoms with E-state index in [4.69, 9.17) is 4.74 Å². The van der Waals surface area contributed by atoms with Crippen LogP contribution >= 0.6 is 0 Å². The molecule has 188 valence electrons. The number of hydrogen-bond donors (Lipinski definition) is 1. The monoisotopic (exact) mass is 497 g/mol. The van der Waals surface area contributed by atoms with E-state index in [-0.39, 0.29) is 19.0 Å². The maximum atomic E-state index is 13.0. The lowest BCUT2D eigenvalue weighted by molar-refractivity contribution is -0.137. The average Bonchev–Trinajstić information content (AvgIpc) is 3.39. The summed E-state index contributed by atoms with van der Waals surface area (Å²) < 4.78 is 48.0. The highest BCUT2D eigenvalue weighted by atomic mass is 19.4. The molecule has 2 aromatic carbocycles. The Balaban J connectivity index is 1.43. The van der Waals surface area contributed by atoms with E-state index >= 15 is 0 Å². The SMILES string of the molecule is Cc1ccc(OCn2ccc(C(=O)Nc3c(C)nn(Cc4cccc(C(F)(F)F)c4)c3C)n2)c(C)c1. The zero-order valence-corrected chi connectivity index (χ0v) is 20.3. The lowest BCUT2D eigenvalue weighted by atomic mass is 10.1. The van der Waals surface area contributed by atoms with Crippen LogP contribution < -0.4 is 10.1 Å². The van der Waals surface area contributed by atoms with Gasteiger partial charge in [0.15, 0.2) is 12.4 Å². The fourth-order valence-corrected chi connectivity index (χ4v) is 3.88. The van der Waals surface area contributed by atoms with Gasteiger partial charge in [-0.15, -0.1) is 0 Å². The molecule has 0 atom stereocenters. The Bertz CT molecular complexity index is 1410. The van der Waals surface area contributed by atoms with Crippen molar-refractivity contribution in [2.24, 2.45) is 0 Å². The van der Waals surface area contributed by atoms with Crippen LogP contribution in [0.1, 0.15) is 44.1 Å². The zero-order chi connectivity index (χ0) is 26.0. The molecule has 36 heavy (non-hydrogen) atoms. The molecule has 0 aliphatic heterocycles. The van der Waals surface area contributed by atoms with Crippen LogP contribution in [-0.4, -0.2) is 25.5 Å². The quantitative estimate of drug-likeness (QED) is 0.357. The second kappa shape index (κ2) is 9.88. The van der Waals surface area contributed by atoms with Gasteiger partial charge in [0, 0.05) is 6.20 Å². The summed E-state index contributed by atoms with van der Waals surface area (Å²) in [7, 11) is 0. The molecule has 4 aromatic rings. The molecule has 4 rings (SSSR count). The van der Waals surface area contributed by atoms with Crippen LogP contribution in [0.4, 0.5) is 18.9 Å². The summed E-state index contributed by atoms with van der Waals surface area (Å²) in [5.41, 5.74) is 3.75. The highest BCUT2D eigenvalue weighted by Gasteiger charge is 2.30. The van der Waals surface area contributed by atoms with Crippen LogP contribution in [-0.2, 0) is 19.5 Å². The molecule has 1 amide bonds. The van der Waals surface area contributed by atoms with Crippen LogP contribution in [0.25, 0.3) is 0 Å². The third kappa shape index (κ3) is 5.59. The molecule has 2 aromatic heterocycles. The maximum absolute atomic E-state index is 13.0. The molecule has 0 radical (unpaired) electrons. The van der Waals surface area contributed by atoms with Crippen LogP contribution in [0.5, 0.6) is 5.75 Å². The third-order valence-electron chi connectivity index (χ3n) is 5.76. The first-order valence-corrected chi connectivity index (χ1v) is 11.3. The van der Waals surface area contributed by atoms with Gasteiger partial charge in [0.25, 0.3) is 5.91 Å². The van der Waals surface area contributed by atoms with Crippen LogP contribution in [0.15, 0.2) is 54.7 Å². The Labute approximate surface area is 206 Å². The first-order chi connectivity index (χ1) is 17.0. The Morgan fingerprint density at radius 3 is 2.53 bits per heavy atom. The summed E-state index contributed by atoms with van der Waals surface area (Å²) in [5.74, 6) is 0.312. The number of nitrogens with zero attached hydrogens (tertiary/aromatic N) is 4. The molecule has 7 nitrogen and oxygen atoms in total. The topological polar surface area (TPSA) is 74.0 Å². The fraction of sp³-hybridized carbons (Fsp3) is 0.269. The van der Waals surface area contributed by atoms with Gasteiger partial charge in [-0.1, -0.05) is 29.8 Å². The van der Waals surface area contributed by atoms with E-state index in [1.807, 2.05) is 32.0 Å². The summed E-state index contributed by atoms with van der Waals surface area (Å²) in [6, 6.07) is 12.6. The number of aromatic nitrogens is 4. The number of nitrogens with one attached hydrogen (secondary N) is 1. The molecule has 0 saturated heterocycles. The first-order valence-electron chi connectivity index (χ1n) is 11.3. The summed E-state index contributed by atoms with van der Waals surface area (Å²) in [6.07, 6.45) is -2.77.